The number of hydrogen-bond acceptors (Lipinski definition) is 2. The molecule has 1 radical (unpaired) electrons. The number of nitriles is 1. The summed E-state index contributed by atoms with van der Waals surface area (Å²) < 4.78 is 0. The highest BCUT2D eigenvalue weighted by Crippen LogP contribution is 2.05. The normalized spacial score (nSPS) is 15.9. The van der Waals surface area contributed by atoms with E-state index in [1.54, 1.807) is 12.2 Å². The highest BCUT2D eigenvalue weighted by atomic mass is 14.5. The van der Waals surface area contributed by atoms with Gasteiger partial charge in [-0.25, -0.2) is 0 Å². The quantitative estimate of drug-likeness (QED) is 0.413. The molecule has 0 saturated heterocycles. The van der Waals surface area contributed by atoms with Gasteiger partial charge in [0.1, 0.15) is 0 Å². The molecule has 0 fully saturated rings. The molecule has 0 aromatic heterocycles. The van der Waals surface area contributed by atoms with Crippen LogP contribution >= 0.6 is 0 Å². The molecule has 0 amide bonds. The van der Waals surface area contributed by atoms with E-state index in [1.165, 1.54) is 6.08 Å². The second-order valence-corrected chi connectivity index (χ2v) is 1.94. The highest BCUT2D eigenvalue weighted by molar-refractivity contribution is 6.55. The minimum Gasteiger partial charge on any atom is -0.410 e. The summed E-state index contributed by atoms with van der Waals surface area (Å²) in [5, 5.41) is 8.17. The van der Waals surface area contributed by atoms with Crippen LogP contribution in [0.2, 0.25) is 0 Å². The van der Waals surface area contributed by atoms with Crippen molar-refractivity contribution in [1.82, 2.24) is 0 Å². The Balaban J connectivity index is 2.52. The van der Waals surface area contributed by atoms with Crippen molar-refractivity contribution in [3.63, 3.8) is 0 Å². The van der Waals surface area contributed by atoms with Gasteiger partial charge in [0, 0.05) is 6.08 Å². The number of nitrogens with two attached hydrogens (primary N) is 1. The van der Waals surface area contributed by atoms with E-state index in [1.807, 2.05) is 19.4 Å². The van der Waals surface area contributed by atoms with Crippen molar-refractivity contribution in [3.8, 4) is 6.07 Å². The second kappa shape index (κ2) is 2.93. The molecule has 0 aliphatic carbocycles. The van der Waals surface area contributed by atoms with Gasteiger partial charge >= 0.3 is 0 Å². The van der Waals surface area contributed by atoms with Crippen molar-refractivity contribution >= 4 is 7.28 Å². The molecule has 1 aliphatic rings. The fourth-order valence-corrected chi connectivity index (χ4v) is 0.718. The molecule has 47 valence electrons. The van der Waals surface area contributed by atoms with E-state index >= 15 is 0 Å². The zero-order chi connectivity index (χ0) is 7.40. The summed E-state index contributed by atoms with van der Waals surface area (Å²) in [5.41, 5.74) is 7.14. The summed E-state index contributed by atoms with van der Waals surface area (Å²) in [4.78, 5) is 0. The first-order valence-corrected chi connectivity index (χ1v) is 2.91. The predicted molar refractivity (Wildman–Crippen MR) is 40.9 cm³/mol. The van der Waals surface area contributed by atoms with E-state index in [2.05, 4.69) is 0 Å². The number of allylic oxidation sites excluding steroid dienone is 5. The van der Waals surface area contributed by atoms with Crippen LogP contribution in [0.1, 0.15) is 0 Å². The Labute approximate surface area is 60.6 Å². The molecule has 0 unspecified atom stereocenters. The van der Waals surface area contributed by atoms with Gasteiger partial charge in [0.2, 0.25) is 7.28 Å². The van der Waals surface area contributed by atoms with Gasteiger partial charge in [-0.1, -0.05) is 23.7 Å². The van der Waals surface area contributed by atoms with Crippen molar-refractivity contribution in [2.24, 2.45) is 5.73 Å². The Kier molecular flexibility index (Phi) is 1.96. The summed E-state index contributed by atoms with van der Waals surface area (Å²) in [6, 6.07) is 1.90. The van der Waals surface area contributed by atoms with Crippen LogP contribution in [0.3, 0.4) is 0 Å². The summed E-state index contributed by atoms with van der Waals surface area (Å²) in [6.45, 7) is 0. The molecule has 0 atom stereocenters. The SMILES string of the molecule is N#C/C=C/C1=CC=C(N)[B]1. The van der Waals surface area contributed by atoms with Crippen LogP contribution < -0.4 is 5.73 Å². The molecule has 0 bridgehead atoms. The lowest BCUT2D eigenvalue weighted by molar-refractivity contribution is 1.53. The maximum Gasteiger partial charge on any atom is 0.212 e. The lowest BCUT2D eigenvalue weighted by atomic mass is 9.70. The van der Waals surface area contributed by atoms with E-state index in [0.29, 0.717) is 0 Å². The molecular weight excluding hydrogens is 123 g/mol. The fraction of sp³-hybridized carbons (Fsp3) is 0. The summed E-state index contributed by atoms with van der Waals surface area (Å²) in [6.07, 6.45) is 6.81. The second-order valence-electron chi connectivity index (χ2n) is 1.94. The lowest BCUT2D eigenvalue weighted by Crippen LogP contribution is -2.03. The first kappa shape index (κ1) is 6.69. The van der Waals surface area contributed by atoms with Crippen molar-refractivity contribution in [1.29, 1.82) is 5.26 Å². The monoisotopic (exact) mass is 129 g/mol. The first-order valence-electron chi connectivity index (χ1n) is 2.91. The van der Waals surface area contributed by atoms with Crippen LogP contribution in [0.4, 0.5) is 0 Å². The molecule has 1 rings (SSSR count). The average Bonchev–Trinajstić information content (AvgIpc) is 2.31. The largest absolute Gasteiger partial charge is 0.410 e. The van der Waals surface area contributed by atoms with Crippen LogP contribution in [0, 0.1) is 11.3 Å². The summed E-state index contributed by atoms with van der Waals surface area (Å²) >= 11 is 0. The molecule has 2 N–H and O–H groups in total. The highest BCUT2D eigenvalue weighted by Gasteiger charge is 2.02. The Morgan fingerprint density at radius 3 is 2.90 bits per heavy atom. The minimum atomic E-state index is 0.734. The van der Waals surface area contributed by atoms with Gasteiger partial charge in [-0.2, -0.15) is 5.26 Å². The van der Waals surface area contributed by atoms with Gasteiger partial charge in [-0.05, 0) is 5.60 Å². The zero-order valence-corrected chi connectivity index (χ0v) is 5.41. The van der Waals surface area contributed by atoms with Crippen molar-refractivity contribution in [2.45, 2.75) is 0 Å². The number of nitrogens with zero attached hydrogens (tertiary/aromatic N) is 1. The van der Waals surface area contributed by atoms with E-state index < -0.39 is 0 Å². The maximum absolute atomic E-state index is 8.17. The Morgan fingerprint density at radius 2 is 2.40 bits per heavy atom. The third-order valence-corrected chi connectivity index (χ3v) is 1.15. The predicted octanol–water partition coefficient (Wildman–Crippen LogP) is 0.468. The number of rotatable bonds is 1. The molecule has 0 aromatic rings. The molecule has 1 heterocycles. The lowest BCUT2D eigenvalue weighted by Gasteiger charge is -1.88. The Bertz CT molecular complexity index is 255. The Morgan fingerprint density at radius 1 is 1.60 bits per heavy atom. The van der Waals surface area contributed by atoms with Crippen molar-refractivity contribution < 1.29 is 0 Å². The first-order chi connectivity index (χ1) is 4.83. The average molecular weight is 129 g/mol. The molecule has 0 saturated carbocycles. The smallest absolute Gasteiger partial charge is 0.212 e. The minimum absolute atomic E-state index is 0.734. The maximum atomic E-state index is 8.17. The zero-order valence-electron chi connectivity index (χ0n) is 5.41. The van der Waals surface area contributed by atoms with Gasteiger partial charge in [0.15, 0.2) is 0 Å². The number of hydrogen-bond donors (Lipinski definition) is 1. The van der Waals surface area contributed by atoms with Crippen LogP contribution in [0.15, 0.2) is 35.4 Å². The summed E-state index contributed by atoms with van der Waals surface area (Å²) in [7, 11) is 1.81. The fourth-order valence-electron chi connectivity index (χ4n) is 0.718. The van der Waals surface area contributed by atoms with Crippen LogP contribution in [0.25, 0.3) is 0 Å². The molecule has 2 nitrogen and oxygen atoms in total. The third kappa shape index (κ3) is 1.53. The van der Waals surface area contributed by atoms with E-state index in [4.69, 9.17) is 11.0 Å². The molecule has 1 aliphatic heterocycles. The topological polar surface area (TPSA) is 49.8 Å². The van der Waals surface area contributed by atoms with Gasteiger partial charge in [-0.3, -0.25) is 0 Å². The summed E-state index contributed by atoms with van der Waals surface area (Å²) in [5.74, 6) is 0. The van der Waals surface area contributed by atoms with Gasteiger partial charge in [0.25, 0.3) is 0 Å². The molecule has 0 aromatic carbocycles. The van der Waals surface area contributed by atoms with Crippen LogP contribution in [0.5, 0.6) is 0 Å². The van der Waals surface area contributed by atoms with Gasteiger partial charge in [0.05, 0.1) is 6.07 Å². The molecule has 10 heavy (non-hydrogen) atoms. The van der Waals surface area contributed by atoms with Crippen molar-refractivity contribution in [3.05, 3.63) is 35.4 Å². The molecule has 0 spiro atoms. The van der Waals surface area contributed by atoms with Crippen LogP contribution in [-0.4, -0.2) is 7.28 Å². The molecular formula is C7H6BN2. The van der Waals surface area contributed by atoms with E-state index in [9.17, 15) is 0 Å². The van der Waals surface area contributed by atoms with Gasteiger partial charge < -0.3 is 5.73 Å². The van der Waals surface area contributed by atoms with Crippen LogP contribution in [-0.2, 0) is 0 Å². The van der Waals surface area contributed by atoms with Crippen molar-refractivity contribution in [2.75, 3.05) is 0 Å². The Hall–Kier alpha value is -1.43. The molecule has 3 heteroatoms. The third-order valence-electron chi connectivity index (χ3n) is 1.15. The van der Waals surface area contributed by atoms with Gasteiger partial charge in [-0.15, -0.1) is 0 Å². The van der Waals surface area contributed by atoms with E-state index in [0.717, 1.165) is 11.1 Å². The standard InChI is InChI=1S/C7H6BN2/c9-5-1-2-6-3-4-7(10)8-6/h1-4H,10H2/b2-1+. The van der Waals surface area contributed by atoms with E-state index in [-0.39, 0.29) is 0 Å².